The van der Waals surface area contributed by atoms with Crippen molar-refractivity contribution in [1.29, 1.82) is 0 Å². The van der Waals surface area contributed by atoms with Crippen LogP contribution in [0.15, 0.2) is 42.5 Å². The van der Waals surface area contributed by atoms with E-state index in [9.17, 15) is 4.79 Å². The second-order valence-electron chi connectivity index (χ2n) is 6.93. The fraction of sp³-hybridized carbons (Fsp3) is 0.318. The van der Waals surface area contributed by atoms with E-state index in [1.165, 1.54) is 10.9 Å². The number of aryl methyl sites for hydroxylation is 2. The monoisotopic (exact) mass is 365 g/mol. The van der Waals surface area contributed by atoms with Crippen molar-refractivity contribution in [2.75, 3.05) is 20.2 Å². The van der Waals surface area contributed by atoms with Gasteiger partial charge in [0.05, 0.1) is 18.7 Å². The third kappa shape index (κ3) is 4.14. The van der Waals surface area contributed by atoms with Crippen molar-refractivity contribution in [2.24, 2.45) is 5.73 Å². The summed E-state index contributed by atoms with van der Waals surface area (Å²) in [5.74, 6) is 0.560. The van der Waals surface area contributed by atoms with E-state index < -0.39 is 0 Å². The van der Waals surface area contributed by atoms with Crippen LogP contribution < -0.4 is 10.5 Å². The molecule has 1 heterocycles. The summed E-state index contributed by atoms with van der Waals surface area (Å²) in [5.41, 5.74) is 10.5. The molecule has 0 spiro atoms. The molecule has 3 rings (SSSR count). The molecule has 0 unspecified atom stereocenters. The van der Waals surface area contributed by atoms with E-state index in [0.29, 0.717) is 31.0 Å². The predicted molar refractivity (Wildman–Crippen MR) is 109 cm³/mol. The molecule has 0 saturated carbocycles. The van der Waals surface area contributed by atoms with Gasteiger partial charge in [-0.1, -0.05) is 24.3 Å². The normalized spacial score (nSPS) is 11.0. The lowest BCUT2D eigenvalue weighted by atomic mass is 10.1. The first-order valence-corrected chi connectivity index (χ1v) is 9.26. The largest absolute Gasteiger partial charge is 0.493 e. The maximum Gasteiger partial charge on any atom is 0.257 e. The van der Waals surface area contributed by atoms with Gasteiger partial charge in [0.1, 0.15) is 5.75 Å². The van der Waals surface area contributed by atoms with Crippen molar-refractivity contribution < 1.29 is 9.53 Å². The van der Waals surface area contributed by atoms with Gasteiger partial charge in [0.2, 0.25) is 0 Å². The number of aromatic nitrogens is 1. The molecule has 0 radical (unpaired) electrons. The van der Waals surface area contributed by atoms with Crippen LogP contribution in [0.25, 0.3) is 10.9 Å². The standard InChI is InChI=1S/C22H27N3O2/c1-15-9-10-18(21(13-15)27-12-6-11-23)22(26)25(3)14-20-16(2)17-7-4-5-8-19(17)24-20/h4-5,7-10,13,24H,6,11-12,14,23H2,1-3H3. The number of nitrogens with two attached hydrogens (primary N) is 1. The van der Waals surface area contributed by atoms with E-state index >= 15 is 0 Å². The number of fused-ring (bicyclic) bond motifs is 1. The zero-order valence-corrected chi connectivity index (χ0v) is 16.2. The molecule has 0 fully saturated rings. The van der Waals surface area contributed by atoms with Gasteiger partial charge in [0.15, 0.2) is 0 Å². The predicted octanol–water partition coefficient (Wildman–Crippen LogP) is 3.78. The second-order valence-corrected chi connectivity index (χ2v) is 6.93. The fourth-order valence-electron chi connectivity index (χ4n) is 3.20. The van der Waals surface area contributed by atoms with Crippen LogP contribution in [0.1, 0.15) is 33.6 Å². The van der Waals surface area contributed by atoms with Gasteiger partial charge >= 0.3 is 0 Å². The topological polar surface area (TPSA) is 71.3 Å². The van der Waals surface area contributed by atoms with Crippen LogP contribution in [0.4, 0.5) is 0 Å². The number of nitrogens with zero attached hydrogens (tertiary/aromatic N) is 1. The molecule has 0 aliphatic rings. The minimum absolute atomic E-state index is 0.0594. The molecular weight excluding hydrogens is 338 g/mol. The van der Waals surface area contributed by atoms with Crippen molar-refractivity contribution in [1.82, 2.24) is 9.88 Å². The van der Waals surface area contributed by atoms with Crippen LogP contribution in [0.2, 0.25) is 0 Å². The Bertz CT molecular complexity index is 946. The number of nitrogens with one attached hydrogen (secondary N) is 1. The number of hydrogen-bond acceptors (Lipinski definition) is 3. The zero-order chi connectivity index (χ0) is 19.4. The average molecular weight is 365 g/mol. The van der Waals surface area contributed by atoms with E-state index in [2.05, 4.69) is 24.0 Å². The number of ether oxygens (including phenoxy) is 1. The minimum atomic E-state index is -0.0594. The Labute approximate surface area is 160 Å². The smallest absolute Gasteiger partial charge is 0.257 e. The number of para-hydroxylation sites is 1. The molecule has 1 aromatic heterocycles. The van der Waals surface area contributed by atoms with Crippen LogP contribution in [-0.4, -0.2) is 36.0 Å². The van der Waals surface area contributed by atoms with Gasteiger partial charge in [-0.15, -0.1) is 0 Å². The van der Waals surface area contributed by atoms with Crippen molar-refractivity contribution in [3.8, 4) is 5.75 Å². The molecule has 0 aliphatic heterocycles. The molecular formula is C22H27N3O2. The van der Waals surface area contributed by atoms with E-state index in [0.717, 1.165) is 23.2 Å². The average Bonchev–Trinajstić information content (AvgIpc) is 2.97. The maximum atomic E-state index is 13.0. The fourth-order valence-corrected chi connectivity index (χ4v) is 3.20. The van der Waals surface area contributed by atoms with Crippen LogP contribution in [0, 0.1) is 13.8 Å². The van der Waals surface area contributed by atoms with Crippen molar-refractivity contribution in [3.05, 3.63) is 64.8 Å². The Balaban J connectivity index is 1.81. The summed E-state index contributed by atoms with van der Waals surface area (Å²) < 4.78 is 5.82. The number of rotatable bonds is 7. The van der Waals surface area contributed by atoms with E-state index in [-0.39, 0.29) is 5.91 Å². The van der Waals surface area contributed by atoms with Crippen molar-refractivity contribution in [3.63, 3.8) is 0 Å². The first-order chi connectivity index (χ1) is 13.0. The molecule has 142 valence electrons. The van der Waals surface area contributed by atoms with Gasteiger partial charge in [-0.25, -0.2) is 0 Å². The summed E-state index contributed by atoms with van der Waals surface area (Å²) in [7, 11) is 1.82. The quantitative estimate of drug-likeness (QED) is 0.626. The van der Waals surface area contributed by atoms with Gasteiger partial charge in [-0.05, 0) is 56.1 Å². The molecule has 5 heteroatoms. The summed E-state index contributed by atoms with van der Waals surface area (Å²) >= 11 is 0. The van der Waals surface area contributed by atoms with Crippen molar-refractivity contribution >= 4 is 16.8 Å². The summed E-state index contributed by atoms with van der Waals surface area (Å²) in [4.78, 5) is 18.2. The number of H-pyrrole nitrogens is 1. The lowest BCUT2D eigenvalue weighted by Crippen LogP contribution is -2.27. The van der Waals surface area contributed by atoms with Gasteiger partial charge in [0, 0.05) is 23.6 Å². The van der Waals surface area contributed by atoms with Crippen LogP contribution in [0.3, 0.4) is 0 Å². The number of carbonyl (C=O) groups is 1. The molecule has 0 saturated heterocycles. The van der Waals surface area contributed by atoms with E-state index in [1.807, 2.05) is 44.3 Å². The van der Waals surface area contributed by atoms with E-state index in [1.54, 1.807) is 4.90 Å². The Morgan fingerprint density at radius 2 is 1.96 bits per heavy atom. The van der Waals surface area contributed by atoms with Crippen LogP contribution in [0.5, 0.6) is 5.75 Å². The summed E-state index contributed by atoms with van der Waals surface area (Å²) in [5, 5.41) is 1.19. The Morgan fingerprint density at radius 3 is 2.70 bits per heavy atom. The van der Waals surface area contributed by atoms with Gasteiger partial charge in [0.25, 0.3) is 5.91 Å². The zero-order valence-electron chi connectivity index (χ0n) is 16.2. The molecule has 0 aliphatic carbocycles. The summed E-state index contributed by atoms with van der Waals surface area (Å²) in [6.07, 6.45) is 0.756. The Kier molecular flexibility index (Phi) is 5.81. The number of amides is 1. The van der Waals surface area contributed by atoms with Gasteiger partial charge in [-0.3, -0.25) is 4.79 Å². The summed E-state index contributed by atoms with van der Waals surface area (Å²) in [6, 6.07) is 13.9. The number of carbonyl (C=O) groups excluding carboxylic acids is 1. The van der Waals surface area contributed by atoms with Gasteiger partial charge < -0.3 is 20.4 Å². The molecule has 2 aromatic carbocycles. The third-order valence-corrected chi connectivity index (χ3v) is 4.78. The molecule has 3 N–H and O–H groups in total. The first-order valence-electron chi connectivity index (χ1n) is 9.26. The SMILES string of the molecule is Cc1ccc(C(=O)N(C)Cc2[nH]c3ccccc3c2C)c(OCCCN)c1. The highest BCUT2D eigenvalue weighted by atomic mass is 16.5. The highest BCUT2D eigenvalue weighted by Gasteiger charge is 2.19. The molecule has 5 nitrogen and oxygen atoms in total. The van der Waals surface area contributed by atoms with E-state index in [4.69, 9.17) is 10.5 Å². The maximum absolute atomic E-state index is 13.0. The second kappa shape index (κ2) is 8.27. The minimum Gasteiger partial charge on any atom is -0.493 e. The van der Waals surface area contributed by atoms with Gasteiger partial charge in [-0.2, -0.15) is 0 Å². The highest BCUT2D eigenvalue weighted by molar-refractivity contribution is 5.97. The number of aromatic amines is 1. The Morgan fingerprint density at radius 1 is 1.19 bits per heavy atom. The molecule has 0 atom stereocenters. The van der Waals surface area contributed by atoms with Crippen molar-refractivity contribution in [2.45, 2.75) is 26.8 Å². The highest BCUT2D eigenvalue weighted by Crippen LogP contribution is 2.25. The first kappa shape index (κ1) is 19.0. The Hall–Kier alpha value is -2.79. The molecule has 1 amide bonds. The van der Waals surface area contributed by atoms with Crippen LogP contribution >= 0.6 is 0 Å². The number of hydrogen-bond donors (Lipinski definition) is 2. The number of benzene rings is 2. The molecule has 0 bridgehead atoms. The molecule has 3 aromatic rings. The lowest BCUT2D eigenvalue weighted by molar-refractivity contribution is 0.0779. The third-order valence-electron chi connectivity index (χ3n) is 4.78. The molecule has 27 heavy (non-hydrogen) atoms. The summed E-state index contributed by atoms with van der Waals surface area (Å²) in [6.45, 7) is 5.65. The lowest BCUT2D eigenvalue weighted by Gasteiger charge is -2.19. The van der Waals surface area contributed by atoms with Crippen LogP contribution in [-0.2, 0) is 6.54 Å².